The number of hydrogen-bond acceptors (Lipinski definition) is 4. The third-order valence-corrected chi connectivity index (χ3v) is 6.11. The molecule has 1 aliphatic heterocycles. The first-order valence-corrected chi connectivity index (χ1v) is 11.4. The molecule has 0 atom stereocenters. The number of anilines is 1. The third-order valence-electron chi connectivity index (χ3n) is 5.79. The zero-order valence-electron chi connectivity index (χ0n) is 17.9. The van der Waals surface area contributed by atoms with Crippen LogP contribution in [0, 0.1) is 5.82 Å². The van der Waals surface area contributed by atoms with Gasteiger partial charge in [-0.1, -0.05) is 29.8 Å². The lowest BCUT2D eigenvalue weighted by Crippen LogP contribution is -2.30. The van der Waals surface area contributed by atoms with E-state index in [0.29, 0.717) is 22.1 Å². The Bertz CT molecular complexity index is 1410. The zero-order valence-corrected chi connectivity index (χ0v) is 18.7. The van der Waals surface area contributed by atoms with E-state index in [1.54, 1.807) is 30.3 Å². The Balaban J connectivity index is 1.61. The highest BCUT2D eigenvalue weighted by atomic mass is 35.5. The van der Waals surface area contributed by atoms with Crippen LogP contribution < -0.4 is 10.5 Å². The van der Waals surface area contributed by atoms with E-state index in [0.717, 1.165) is 24.6 Å². The first-order valence-electron chi connectivity index (χ1n) is 11.0. The predicted octanol–water partition coefficient (Wildman–Crippen LogP) is 5.73. The molecule has 2 aromatic heterocycles. The van der Waals surface area contributed by atoms with E-state index in [9.17, 15) is 9.18 Å². The standard InChI is InChI=1S/C26H22ClFN4O/c27-21-8-2-3-9-23(21)32-25(30-22-13-11-18(28)17-20(22)26(32)33)14-12-19-7-6-10-24(29-19)31-15-4-1-5-16-31/h2-3,6-14,17H,1,4-5,15-16H2/b14-12+. The minimum atomic E-state index is -0.492. The molecule has 1 aliphatic rings. The number of benzene rings is 2. The summed E-state index contributed by atoms with van der Waals surface area (Å²) in [7, 11) is 0. The van der Waals surface area contributed by atoms with Gasteiger partial charge in [0.15, 0.2) is 0 Å². The van der Waals surface area contributed by atoms with Gasteiger partial charge in [0.1, 0.15) is 17.5 Å². The number of piperidine rings is 1. The molecule has 0 spiro atoms. The van der Waals surface area contributed by atoms with Gasteiger partial charge in [0, 0.05) is 13.1 Å². The number of halogens is 2. The largest absolute Gasteiger partial charge is 0.357 e. The van der Waals surface area contributed by atoms with Crippen molar-refractivity contribution >= 4 is 40.5 Å². The quantitative estimate of drug-likeness (QED) is 0.390. The number of rotatable bonds is 4. The smallest absolute Gasteiger partial charge is 0.266 e. The van der Waals surface area contributed by atoms with Crippen molar-refractivity contribution in [1.29, 1.82) is 0 Å². The van der Waals surface area contributed by atoms with Crippen LogP contribution in [0.4, 0.5) is 10.2 Å². The molecule has 7 heteroatoms. The van der Waals surface area contributed by atoms with Crippen molar-refractivity contribution in [3.8, 4) is 5.69 Å². The molecule has 5 nitrogen and oxygen atoms in total. The molecular formula is C26H22ClFN4O. The topological polar surface area (TPSA) is 51.0 Å². The number of nitrogens with zero attached hydrogens (tertiary/aromatic N) is 4. The van der Waals surface area contributed by atoms with Crippen LogP contribution in [0.15, 0.2) is 65.5 Å². The second-order valence-corrected chi connectivity index (χ2v) is 8.43. The van der Waals surface area contributed by atoms with Crippen molar-refractivity contribution in [1.82, 2.24) is 14.5 Å². The average Bonchev–Trinajstić information content (AvgIpc) is 2.85. The molecule has 1 fully saturated rings. The van der Waals surface area contributed by atoms with Crippen molar-refractivity contribution in [3.05, 3.63) is 93.4 Å². The van der Waals surface area contributed by atoms with Crippen LogP contribution in [-0.4, -0.2) is 27.6 Å². The third kappa shape index (κ3) is 4.39. The molecule has 0 amide bonds. The van der Waals surface area contributed by atoms with E-state index in [1.165, 1.54) is 42.0 Å². The lowest BCUT2D eigenvalue weighted by atomic mass is 10.1. The Morgan fingerprint density at radius 3 is 2.55 bits per heavy atom. The van der Waals surface area contributed by atoms with Crippen molar-refractivity contribution in [2.45, 2.75) is 19.3 Å². The van der Waals surface area contributed by atoms with Crippen LogP contribution in [0.5, 0.6) is 0 Å². The maximum absolute atomic E-state index is 13.9. The van der Waals surface area contributed by atoms with Gasteiger partial charge >= 0.3 is 0 Å². The monoisotopic (exact) mass is 460 g/mol. The molecule has 0 saturated carbocycles. The van der Waals surface area contributed by atoms with Gasteiger partial charge in [-0.15, -0.1) is 0 Å². The van der Waals surface area contributed by atoms with Gasteiger partial charge in [0.25, 0.3) is 5.56 Å². The molecule has 5 rings (SSSR count). The van der Waals surface area contributed by atoms with E-state index in [1.807, 2.05) is 24.3 Å². The van der Waals surface area contributed by atoms with Crippen molar-refractivity contribution in [2.24, 2.45) is 0 Å². The number of aromatic nitrogens is 3. The van der Waals surface area contributed by atoms with Crippen LogP contribution in [-0.2, 0) is 0 Å². The Morgan fingerprint density at radius 2 is 1.73 bits per heavy atom. The number of para-hydroxylation sites is 1. The van der Waals surface area contributed by atoms with Crippen LogP contribution in [0.3, 0.4) is 0 Å². The molecular weight excluding hydrogens is 439 g/mol. The zero-order chi connectivity index (χ0) is 22.8. The van der Waals surface area contributed by atoms with Gasteiger partial charge in [-0.05, 0) is 73.9 Å². The highest BCUT2D eigenvalue weighted by Crippen LogP contribution is 2.23. The van der Waals surface area contributed by atoms with E-state index in [-0.39, 0.29) is 10.9 Å². The molecule has 0 N–H and O–H groups in total. The predicted molar refractivity (Wildman–Crippen MR) is 132 cm³/mol. The molecule has 33 heavy (non-hydrogen) atoms. The van der Waals surface area contributed by atoms with Crippen LogP contribution >= 0.6 is 11.6 Å². The van der Waals surface area contributed by atoms with Crippen molar-refractivity contribution < 1.29 is 4.39 Å². The van der Waals surface area contributed by atoms with E-state index in [2.05, 4.69) is 9.88 Å². The molecule has 4 aromatic rings. The summed E-state index contributed by atoms with van der Waals surface area (Å²) in [5.41, 5.74) is 1.27. The van der Waals surface area contributed by atoms with Gasteiger partial charge < -0.3 is 4.90 Å². The Morgan fingerprint density at radius 1 is 0.909 bits per heavy atom. The Hall–Kier alpha value is -3.51. The van der Waals surface area contributed by atoms with Gasteiger partial charge in [-0.2, -0.15) is 0 Å². The molecule has 0 aliphatic carbocycles. The highest BCUT2D eigenvalue weighted by molar-refractivity contribution is 6.32. The summed E-state index contributed by atoms with van der Waals surface area (Å²) >= 11 is 6.41. The van der Waals surface area contributed by atoms with Crippen molar-refractivity contribution in [3.63, 3.8) is 0 Å². The van der Waals surface area contributed by atoms with Crippen molar-refractivity contribution in [2.75, 3.05) is 18.0 Å². The van der Waals surface area contributed by atoms with Gasteiger partial charge in [-0.25, -0.2) is 14.4 Å². The second kappa shape index (κ2) is 9.16. The molecule has 0 bridgehead atoms. The fraction of sp³-hybridized carbons (Fsp3) is 0.192. The molecule has 166 valence electrons. The molecule has 1 saturated heterocycles. The Labute approximate surface area is 195 Å². The first-order chi connectivity index (χ1) is 16.1. The summed E-state index contributed by atoms with van der Waals surface area (Å²) < 4.78 is 15.3. The lowest BCUT2D eigenvalue weighted by Gasteiger charge is -2.27. The molecule has 0 radical (unpaired) electrons. The van der Waals surface area contributed by atoms with Crippen LogP contribution in [0.1, 0.15) is 30.8 Å². The van der Waals surface area contributed by atoms with Gasteiger partial charge in [0.2, 0.25) is 0 Å². The van der Waals surface area contributed by atoms with E-state index in [4.69, 9.17) is 16.6 Å². The number of hydrogen-bond donors (Lipinski definition) is 0. The first kappa shape index (κ1) is 21.3. The molecule has 0 unspecified atom stereocenters. The summed E-state index contributed by atoms with van der Waals surface area (Å²) in [6, 6.07) is 16.9. The minimum Gasteiger partial charge on any atom is -0.357 e. The molecule has 3 heterocycles. The molecule has 2 aromatic carbocycles. The van der Waals surface area contributed by atoms with Gasteiger partial charge in [-0.3, -0.25) is 9.36 Å². The fourth-order valence-corrected chi connectivity index (χ4v) is 4.36. The van der Waals surface area contributed by atoms with E-state index < -0.39 is 5.82 Å². The fourth-order valence-electron chi connectivity index (χ4n) is 4.14. The number of pyridine rings is 1. The average molecular weight is 461 g/mol. The number of fused-ring (bicyclic) bond motifs is 1. The summed E-state index contributed by atoms with van der Waals surface area (Å²) in [6.07, 6.45) is 7.18. The van der Waals surface area contributed by atoms with Crippen LogP contribution in [0.25, 0.3) is 28.7 Å². The van der Waals surface area contributed by atoms with E-state index >= 15 is 0 Å². The summed E-state index contributed by atoms with van der Waals surface area (Å²) in [5.74, 6) is 0.841. The maximum atomic E-state index is 13.9. The maximum Gasteiger partial charge on any atom is 0.266 e. The summed E-state index contributed by atoms with van der Waals surface area (Å²) in [6.45, 7) is 2.02. The normalized spacial score (nSPS) is 14.3. The summed E-state index contributed by atoms with van der Waals surface area (Å²) in [4.78, 5) is 25.1. The minimum absolute atomic E-state index is 0.192. The SMILES string of the molecule is O=c1c2cc(F)ccc2nc(/C=C/c2cccc(N3CCCCC3)n2)n1-c1ccccc1Cl. The Kier molecular flexibility index (Phi) is 5.92. The van der Waals surface area contributed by atoms with Gasteiger partial charge in [0.05, 0.1) is 27.3 Å². The van der Waals surface area contributed by atoms with Crippen LogP contribution in [0.2, 0.25) is 5.02 Å². The highest BCUT2D eigenvalue weighted by Gasteiger charge is 2.15. The lowest BCUT2D eigenvalue weighted by molar-refractivity contribution is 0.573. The summed E-state index contributed by atoms with van der Waals surface area (Å²) in [5, 5.41) is 0.592. The second-order valence-electron chi connectivity index (χ2n) is 8.03.